The molecule has 90 valence electrons. The van der Waals surface area contributed by atoms with Gasteiger partial charge in [-0.2, -0.15) is 0 Å². The molecule has 0 radical (unpaired) electrons. The number of nitrogens with two attached hydrogens (primary N) is 1. The van der Waals surface area contributed by atoms with Gasteiger partial charge in [-0.1, -0.05) is 6.07 Å². The maximum absolute atomic E-state index is 6.03. The highest BCUT2D eigenvalue weighted by molar-refractivity contribution is 9.10. The van der Waals surface area contributed by atoms with Crippen LogP contribution in [-0.4, -0.2) is 4.98 Å². The van der Waals surface area contributed by atoms with E-state index in [4.69, 9.17) is 10.2 Å². The first kappa shape index (κ1) is 11.5. The molecule has 5 heteroatoms. The van der Waals surface area contributed by atoms with Crippen molar-refractivity contribution < 1.29 is 4.42 Å². The average molecular weight is 321 g/mol. The molecule has 3 heterocycles. The monoisotopic (exact) mass is 320 g/mol. The number of halogens is 1. The summed E-state index contributed by atoms with van der Waals surface area (Å²) in [7, 11) is 0. The Hall–Kier alpha value is -1.59. The van der Waals surface area contributed by atoms with E-state index in [0.717, 1.165) is 21.9 Å². The number of thiophene rings is 1. The van der Waals surface area contributed by atoms with Crippen LogP contribution in [0.5, 0.6) is 0 Å². The Bertz CT molecular complexity index is 663. The maximum Gasteiger partial charge on any atom is 0.136 e. The molecule has 0 aliphatic heterocycles. The van der Waals surface area contributed by atoms with E-state index in [1.807, 2.05) is 35.7 Å². The van der Waals surface area contributed by atoms with Crippen molar-refractivity contribution in [2.24, 2.45) is 0 Å². The van der Waals surface area contributed by atoms with Crippen LogP contribution in [0.25, 0.3) is 21.9 Å². The van der Waals surface area contributed by atoms with Crippen LogP contribution < -0.4 is 5.73 Å². The quantitative estimate of drug-likeness (QED) is 0.711. The first-order chi connectivity index (χ1) is 8.75. The van der Waals surface area contributed by atoms with E-state index in [1.54, 1.807) is 17.6 Å². The molecule has 0 fully saturated rings. The van der Waals surface area contributed by atoms with Crippen molar-refractivity contribution in [3.05, 3.63) is 46.6 Å². The number of pyridine rings is 1. The second-order valence-corrected chi connectivity index (χ2v) is 5.41. The number of aromatic nitrogens is 1. The molecule has 0 amide bonds. The summed E-state index contributed by atoms with van der Waals surface area (Å²) in [5, 5.41) is 2.02. The zero-order valence-corrected chi connectivity index (χ0v) is 11.7. The van der Waals surface area contributed by atoms with Gasteiger partial charge in [0.25, 0.3) is 0 Å². The van der Waals surface area contributed by atoms with Gasteiger partial charge in [0.05, 0.1) is 22.5 Å². The lowest BCUT2D eigenvalue weighted by atomic mass is 10.1. The van der Waals surface area contributed by atoms with Crippen LogP contribution in [0.4, 0.5) is 5.69 Å². The molecule has 0 saturated carbocycles. The minimum atomic E-state index is 0.588. The largest absolute Gasteiger partial charge is 0.464 e. The molecule has 3 aromatic heterocycles. The molecule has 0 aliphatic rings. The van der Waals surface area contributed by atoms with Crippen LogP contribution >= 0.6 is 27.3 Å². The molecule has 0 saturated heterocycles. The third kappa shape index (κ3) is 1.95. The zero-order chi connectivity index (χ0) is 12.5. The Labute approximate surface area is 116 Å². The summed E-state index contributed by atoms with van der Waals surface area (Å²) >= 11 is 5.04. The molecule has 3 rings (SSSR count). The normalized spacial score (nSPS) is 10.7. The summed E-state index contributed by atoms with van der Waals surface area (Å²) < 4.78 is 6.04. The highest BCUT2D eigenvalue weighted by Gasteiger charge is 2.13. The van der Waals surface area contributed by atoms with Gasteiger partial charge in [-0.15, -0.1) is 11.3 Å². The highest BCUT2D eigenvalue weighted by atomic mass is 79.9. The molecule has 3 aromatic rings. The zero-order valence-electron chi connectivity index (χ0n) is 9.26. The summed E-state index contributed by atoms with van der Waals surface area (Å²) in [5.74, 6) is 0.744. The maximum atomic E-state index is 6.03. The molecular weight excluding hydrogens is 312 g/mol. The van der Waals surface area contributed by atoms with E-state index in [2.05, 4.69) is 20.9 Å². The van der Waals surface area contributed by atoms with Crippen molar-refractivity contribution in [3.63, 3.8) is 0 Å². The van der Waals surface area contributed by atoms with Crippen molar-refractivity contribution in [3.8, 4) is 21.9 Å². The second kappa shape index (κ2) is 4.59. The minimum absolute atomic E-state index is 0.588. The number of hydrogen-bond acceptors (Lipinski definition) is 4. The number of anilines is 1. The van der Waals surface area contributed by atoms with Gasteiger partial charge in [0.1, 0.15) is 10.4 Å². The lowest BCUT2D eigenvalue weighted by molar-refractivity contribution is 0.582. The van der Waals surface area contributed by atoms with E-state index in [9.17, 15) is 0 Å². The number of hydrogen-bond donors (Lipinski definition) is 1. The lowest BCUT2D eigenvalue weighted by Crippen LogP contribution is -1.95. The van der Waals surface area contributed by atoms with Crippen LogP contribution in [0.2, 0.25) is 0 Å². The number of nitrogen functional groups attached to an aromatic ring is 1. The predicted molar refractivity (Wildman–Crippen MR) is 77.4 cm³/mol. The molecule has 0 spiro atoms. The smallest absolute Gasteiger partial charge is 0.136 e. The van der Waals surface area contributed by atoms with Crippen LogP contribution in [0.15, 0.2) is 51.0 Å². The van der Waals surface area contributed by atoms with Crippen LogP contribution in [-0.2, 0) is 0 Å². The molecular formula is C13H9BrN2OS. The third-order valence-electron chi connectivity index (χ3n) is 2.57. The Morgan fingerprint density at radius 1 is 1.28 bits per heavy atom. The van der Waals surface area contributed by atoms with Crippen molar-refractivity contribution in [1.29, 1.82) is 0 Å². The fourth-order valence-corrected chi connectivity index (χ4v) is 2.80. The van der Waals surface area contributed by atoms with Gasteiger partial charge in [0.15, 0.2) is 0 Å². The SMILES string of the molecule is Nc1c(-c2ccco2)cc(-c2cccs2)nc1Br. The van der Waals surface area contributed by atoms with Gasteiger partial charge in [-0.25, -0.2) is 4.98 Å². The molecule has 3 nitrogen and oxygen atoms in total. The Balaban J connectivity index is 2.20. The minimum Gasteiger partial charge on any atom is -0.464 e. The standard InChI is InChI=1S/C13H9BrN2OS/c14-13-12(15)8(10-3-1-5-17-10)7-9(16-13)11-4-2-6-18-11/h1-7H,15H2. The van der Waals surface area contributed by atoms with Crippen LogP contribution in [0.1, 0.15) is 0 Å². The number of nitrogens with zero attached hydrogens (tertiary/aromatic N) is 1. The predicted octanol–water partition coefficient (Wildman–Crippen LogP) is 4.41. The van der Waals surface area contributed by atoms with Gasteiger partial charge in [-0.05, 0) is 45.6 Å². The van der Waals surface area contributed by atoms with E-state index < -0.39 is 0 Å². The molecule has 18 heavy (non-hydrogen) atoms. The highest BCUT2D eigenvalue weighted by Crippen LogP contribution is 2.35. The molecule has 0 aromatic carbocycles. The van der Waals surface area contributed by atoms with E-state index in [-0.39, 0.29) is 0 Å². The number of furan rings is 1. The van der Waals surface area contributed by atoms with Gasteiger partial charge < -0.3 is 10.2 Å². The van der Waals surface area contributed by atoms with Crippen molar-refractivity contribution in [1.82, 2.24) is 4.98 Å². The van der Waals surface area contributed by atoms with Crippen molar-refractivity contribution >= 4 is 33.0 Å². The van der Waals surface area contributed by atoms with Crippen molar-refractivity contribution in [2.75, 3.05) is 5.73 Å². The van der Waals surface area contributed by atoms with Crippen LogP contribution in [0, 0.1) is 0 Å². The third-order valence-corrected chi connectivity index (χ3v) is 4.07. The summed E-state index contributed by atoms with van der Waals surface area (Å²) in [6, 6.07) is 9.70. The first-order valence-corrected chi connectivity index (χ1v) is 6.97. The summed E-state index contributed by atoms with van der Waals surface area (Å²) in [6.45, 7) is 0. The van der Waals surface area contributed by atoms with Gasteiger partial charge in [0, 0.05) is 5.56 Å². The first-order valence-electron chi connectivity index (χ1n) is 5.29. The van der Waals surface area contributed by atoms with E-state index in [0.29, 0.717) is 10.3 Å². The molecule has 0 unspecified atom stereocenters. The van der Waals surface area contributed by atoms with Crippen molar-refractivity contribution in [2.45, 2.75) is 0 Å². The fourth-order valence-electron chi connectivity index (χ4n) is 1.71. The van der Waals surface area contributed by atoms with E-state index >= 15 is 0 Å². The summed E-state index contributed by atoms with van der Waals surface area (Å²) in [5.41, 5.74) is 8.36. The van der Waals surface area contributed by atoms with Crippen LogP contribution in [0.3, 0.4) is 0 Å². The Kier molecular flexibility index (Phi) is 2.93. The second-order valence-electron chi connectivity index (χ2n) is 3.71. The fraction of sp³-hybridized carbons (Fsp3) is 0. The summed E-state index contributed by atoms with van der Waals surface area (Å²) in [6.07, 6.45) is 1.63. The summed E-state index contributed by atoms with van der Waals surface area (Å²) in [4.78, 5) is 5.55. The lowest BCUT2D eigenvalue weighted by Gasteiger charge is -2.07. The molecule has 0 aliphatic carbocycles. The average Bonchev–Trinajstić information content (AvgIpc) is 3.03. The molecule has 0 atom stereocenters. The van der Waals surface area contributed by atoms with Gasteiger partial charge >= 0.3 is 0 Å². The van der Waals surface area contributed by atoms with E-state index in [1.165, 1.54) is 0 Å². The molecule has 0 bridgehead atoms. The topological polar surface area (TPSA) is 52.0 Å². The Morgan fingerprint density at radius 2 is 2.17 bits per heavy atom. The van der Waals surface area contributed by atoms with Gasteiger partial charge in [-0.3, -0.25) is 0 Å². The Morgan fingerprint density at radius 3 is 2.83 bits per heavy atom. The number of rotatable bonds is 2. The molecule has 2 N–H and O–H groups in total. The van der Waals surface area contributed by atoms with Gasteiger partial charge in [0.2, 0.25) is 0 Å².